The van der Waals surface area contributed by atoms with E-state index in [9.17, 15) is 18.0 Å². The van der Waals surface area contributed by atoms with Crippen LogP contribution in [-0.4, -0.2) is 44.8 Å². The predicted molar refractivity (Wildman–Crippen MR) is 106 cm³/mol. The fraction of sp³-hybridized carbons (Fsp3) is 0.333. The van der Waals surface area contributed by atoms with Gasteiger partial charge in [0.05, 0.1) is 23.5 Å². The molecule has 4 rings (SSSR count). The van der Waals surface area contributed by atoms with Crippen LogP contribution in [0.3, 0.4) is 0 Å². The molecule has 1 unspecified atom stereocenters. The molecule has 29 heavy (non-hydrogen) atoms. The number of likely N-dealkylation sites (tertiary alicyclic amines) is 1. The van der Waals surface area contributed by atoms with E-state index in [-0.39, 0.29) is 29.9 Å². The lowest BCUT2D eigenvalue weighted by molar-refractivity contribution is -0.137. The van der Waals surface area contributed by atoms with Crippen LogP contribution in [0.25, 0.3) is 0 Å². The molecule has 8 heteroatoms. The van der Waals surface area contributed by atoms with Crippen LogP contribution < -0.4 is 4.72 Å². The molecule has 1 spiro atoms. The van der Waals surface area contributed by atoms with Crippen molar-refractivity contribution < 1.29 is 22.7 Å². The average Bonchev–Trinajstić information content (AvgIpc) is 2.98. The third-order valence-electron chi connectivity index (χ3n) is 5.45. The van der Waals surface area contributed by atoms with Gasteiger partial charge in [0.15, 0.2) is 5.60 Å². The van der Waals surface area contributed by atoms with Crippen molar-refractivity contribution in [3.05, 3.63) is 65.2 Å². The number of carbonyl (C=O) groups is 2. The van der Waals surface area contributed by atoms with Crippen LogP contribution in [0.2, 0.25) is 0 Å². The van der Waals surface area contributed by atoms with Crippen LogP contribution in [0.4, 0.5) is 0 Å². The molecule has 2 aromatic carbocycles. The minimum Gasteiger partial charge on any atom is -0.449 e. The van der Waals surface area contributed by atoms with Crippen molar-refractivity contribution in [1.82, 2.24) is 9.62 Å². The fourth-order valence-electron chi connectivity index (χ4n) is 4.02. The number of rotatable bonds is 4. The van der Waals surface area contributed by atoms with Crippen molar-refractivity contribution in [2.75, 3.05) is 19.6 Å². The first-order valence-corrected chi connectivity index (χ1v) is 11.0. The third kappa shape index (κ3) is 3.65. The monoisotopic (exact) mass is 414 g/mol. The number of amides is 1. The van der Waals surface area contributed by atoms with Gasteiger partial charge in [-0.25, -0.2) is 17.9 Å². The van der Waals surface area contributed by atoms with Gasteiger partial charge in [-0.3, -0.25) is 4.79 Å². The van der Waals surface area contributed by atoms with Gasteiger partial charge in [0.2, 0.25) is 15.9 Å². The lowest BCUT2D eigenvalue weighted by Crippen LogP contribution is -2.51. The van der Waals surface area contributed by atoms with E-state index >= 15 is 0 Å². The Balaban J connectivity index is 1.47. The minimum absolute atomic E-state index is 0.124. The standard InChI is InChI=1S/C21H22N2O5S/c1-15-6-4-7-16(12-15)29(26,27)22-13-19(24)23-11-5-10-21(14-23)18-9-3-2-8-17(18)20(25)28-21/h2-4,6-9,12,22H,5,10-11,13-14H2,1H3. The van der Waals surface area contributed by atoms with E-state index in [2.05, 4.69) is 4.72 Å². The molecule has 1 saturated heterocycles. The highest BCUT2D eigenvalue weighted by Crippen LogP contribution is 2.42. The van der Waals surface area contributed by atoms with Crippen LogP contribution in [0.15, 0.2) is 53.4 Å². The molecule has 1 fully saturated rings. The Kier molecular flexibility index (Phi) is 4.92. The molecule has 2 heterocycles. The number of piperidine rings is 1. The summed E-state index contributed by atoms with van der Waals surface area (Å²) in [6.07, 6.45) is 1.30. The topological polar surface area (TPSA) is 92.8 Å². The van der Waals surface area contributed by atoms with Gasteiger partial charge in [-0.2, -0.15) is 0 Å². The second-order valence-electron chi connectivity index (χ2n) is 7.49. The molecule has 2 aliphatic heterocycles. The molecule has 7 nitrogen and oxygen atoms in total. The molecule has 0 bridgehead atoms. The number of aryl methyl sites for hydroxylation is 1. The highest BCUT2D eigenvalue weighted by Gasteiger charge is 2.48. The third-order valence-corrected chi connectivity index (χ3v) is 6.85. The second-order valence-corrected chi connectivity index (χ2v) is 9.26. The van der Waals surface area contributed by atoms with Crippen molar-refractivity contribution in [2.24, 2.45) is 0 Å². The van der Waals surface area contributed by atoms with Gasteiger partial charge < -0.3 is 9.64 Å². The number of nitrogens with one attached hydrogen (secondary N) is 1. The molecular weight excluding hydrogens is 392 g/mol. The van der Waals surface area contributed by atoms with E-state index in [1.807, 2.05) is 12.1 Å². The predicted octanol–water partition coefficient (Wildman–Crippen LogP) is 1.96. The number of carbonyl (C=O) groups excluding carboxylic acids is 2. The van der Waals surface area contributed by atoms with Crippen molar-refractivity contribution in [3.8, 4) is 0 Å². The second kappa shape index (κ2) is 7.27. The summed E-state index contributed by atoms with van der Waals surface area (Å²) in [5.74, 6) is -0.726. The Labute approximate surface area is 169 Å². The van der Waals surface area contributed by atoms with Crippen molar-refractivity contribution >= 4 is 21.9 Å². The Morgan fingerprint density at radius 2 is 2.00 bits per heavy atom. The fourth-order valence-corrected chi connectivity index (χ4v) is 5.10. The maximum atomic E-state index is 12.7. The van der Waals surface area contributed by atoms with Crippen LogP contribution in [0, 0.1) is 6.92 Å². The summed E-state index contributed by atoms with van der Waals surface area (Å²) in [6.45, 7) is 2.17. The van der Waals surface area contributed by atoms with Gasteiger partial charge in [0.25, 0.3) is 0 Å². The number of benzene rings is 2. The van der Waals surface area contributed by atoms with Crippen LogP contribution in [-0.2, 0) is 25.2 Å². The summed E-state index contributed by atoms with van der Waals surface area (Å²) in [7, 11) is -3.78. The highest BCUT2D eigenvalue weighted by molar-refractivity contribution is 7.89. The zero-order chi connectivity index (χ0) is 20.6. The summed E-state index contributed by atoms with van der Waals surface area (Å²) in [5.41, 5.74) is 1.29. The van der Waals surface area contributed by atoms with Crippen molar-refractivity contribution in [1.29, 1.82) is 0 Å². The van der Waals surface area contributed by atoms with Crippen molar-refractivity contribution in [3.63, 3.8) is 0 Å². The molecule has 2 aliphatic rings. The molecule has 2 aromatic rings. The lowest BCUT2D eigenvalue weighted by atomic mass is 9.85. The number of esters is 1. The van der Waals surface area contributed by atoms with E-state index in [4.69, 9.17) is 4.74 Å². The van der Waals surface area contributed by atoms with E-state index in [0.29, 0.717) is 24.9 Å². The summed E-state index contributed by atoms with van der Waals surface area (Å²) < 4.78 is 33.0. The summed E-state index contributed by atoms with van der Waals surface area (Å²) >= 11 is 0. The Morgan fingerprint density at radius 3 is 2.79 bits per heavy atom. The molecular formula is C21H22N2O5S. The SMILES string of the molecule is Cc1cccc(S(=O)(=O)NCC(=O)N2CCCC3(C2)OC(=O)c2ccccc23)c1. The smallest absolute Gasteiger partial charge is 0.339 e. The van der Waals surface area contributed by atoms with E-state index in [1.54, 1.807) is 42.2 Å². The average molecular weight is 414 g/mol. The molecule has 1 N–H and O–H groups in total. The summed E-state index contributed by atoms with van der Waals surface area (Å²) in [6, 6.07) is 13.7. The molecule has 0 aromatic heterocycles. The maximum absolute atomic E-state index is 12.7. The van der Waals surface area contributed by atoms with Crippen LogP contribution in [0.5, 0.6) is 0 Å². The molecule has 1 amide bonds. The molecule has 0 saturated carbocycles. The first-order valence-electron chi connectivity index (χ1n) is 9.48. The van der Waals surface area contributed by atoms with Gasteiger partial charge in [-0.15, -0.1) is 0 Å². The number of fused-ring (bicyclic) bond motifs is 2. The number of ether oxygens (including phenoxy) is 1. The first kappa shape index (κ1) is 19.6. The van der Waals surface area contributed by atoms with Gasteiger partial charge in [-0.05, 0) is 43.5 Å². The summed E-state index contributed by atoms with van der Waals surface area (Å²) in [5, 5.41) is 0. The van der Waals surface area contributed by atoms with Crippen LogP contribution in [0.1, 0.15) is 34.3 Å². The maximum Gasteiger partial charge on any atom is 0.339 e. The molecule has 0 aliphatic carbocycles. The van der Waals surface area contributed by atoms with Crippen LogP contribution >= 0.6 is 0 Å². The van der Waals surface area contributed by atoms with Gasteiger partial charge in [0.1, 0.15) is 0 Å². The van der Waals surface area contributed by atoms with Gasteiger partial charge in [-0.1, -0.05) is 30.3 Å². The molecule has 0 radical (unpaired) electrons. The number of sulfonamides is 1. The normalized spacial score (nSPS) is 21.1. The van der Waals surface area contributed by atoms with E-state index < -0.39 is 15.6 Å². The zero-order valence-electron chi connectivity index (χ0n) is 16.1. The van der Waals surface area contributed by atoms with Gasteiger partial charge >= 0.3 is 5.97 Å². The lowest BCUT2D eigenvalue weighted by Gasteiger charge is -2.39. The number of hydrogen-bond donors (Lipinski definition) is 1. The Morgan fingerprint density at radius 1 is 1.21 bits per heavy atom. The first-order chi connectivity index (χ1) is 13.8. The Bertz CT molecular complexity index is 1080. The zero-order valence-corrected chi connectivity index (χ0v) is 16.9. The van der Waals surface area contributed by atoms with E-state index in [0.717, 1.165) is 11.1 Å². The molecule has 1 atom stereocenters. The highest BCUT2D eigenvalue weighted by atomic mass is 32.2. The number of hydrogen-bond acceptors (Lipinski definition) is 5. The largest absolute Gasteiger partial charge is 0.449 e. The van der Waals surface area contributed by atoms with Crippen molar-refractivity contribution in [2.45, 2.75) is 30.3 Å². The van der Waals surface area contributed by atoms with E-state index in [1.165, 1.54) is 6.07 Å². The Hall–Kier alpha value is -2.71. The molecule has 152 valence electrons. The summed E-state index contributed by atoms with van der Waals surface area (Å²) in [4.78, 5) is 26.7. The quantitative estimate of drug-likeness (QED) is 0.772. The minimum atomic E-state index is -3.78. The number of nitrogens with zero attached hydrogens (tertiary/aromatic N) is 1. The van der Waals surface area contributed by atoms with Gasteiger partial charge in [0, 0.05) is 12.1 Å².